The normalized spacial score (nSPS) is 18.3. The molecule has 0 radical (unpaired) electrons. The molecule has 0 amide bonds. The molecule has 1 unspecified atom stereocenters. The molecule has 3 rings (SSSR count). The van der Waals surface area contributed by atoms with Gasteiger partial charge in [-0.2, -0.15) is 0 Å². The van der Waals surface area contributed by atoms with Crippen molar-refractivity contribution in [3.8, 4) is 0 Å². The number of hydrogen-bond donors (Lipinski definition) is 0. The molecule has 1 heterocycles. The fraction of sp³-hybridized carbons (Fsp3) is 0.143. The Kier molecular flexibility index (Phi) is 3.77. The van der Waals surface area contributed by atoms with Crippen LogP contribution in [-0.4, -0.2) is 24.9 Å². The summed E-state index contributed by atoms with van der Waals surface area (Å²) in [6.45, 7) is 0.193. The molecule has 7 heteroatoms. The van der Waals surface area contributed by atoms with Crippen molar-refractivity contribution >= 4 is 38.1 Å². The van der Waals surface area contributed by atoms with E-state index < -0.39 is 20.8 Å². The van der Waals surface area contributed by atoms with Crippen LogP contribution in [0, 0.1) is 0 Å². The van der Waals surface area contributed by atoms with Crippen LogP contribution in [0.2, 0.25) is 5.02 Å². The van der Waals surface area contributed by atoms with E-state index >= 15 is 0 Å². The van der Waals surface area contributed by atoms with E-state index in [1.165, 1.54) is 16.4 Å². The fourth-order valence-corrected chi connectivity index (χ4v) is 5.43. The van der Waals surface area contributed by atoms with Crippen LogP contribution in [0.4, 0.5) is 5.69 Å². The van der Waals surface area contributed by atoms with Crippen molar-refractivity contribution in [2.24, 2.45) is 0 Å². The van der Waals surface area contributed by atoms with Crippen LogP contribution >= 0.6 is 11.6 Å². The number of benzene rings is 2. The smallest absolute Gasteiger partial charge is 0.264 e. The predicted molar refractivity (Wildman–Crippen MR) is 83.7 cm³/mol. The van der Waals surface area contributed by atoms with Gasteiger partial charge in [0.15, 0.2) is 0 Å². The molecule has 0 spiro atoms. The van der Waals surface area contributed by atoms with Gasteiger partial charge >= 0.3 is 0 Å². The Hall–Kier alpha value is -1.37. The van der Waals surface area contributed by atoms with Gasteiger partial charge in [0.05, 0.1) is 26.3 Å². The summed E-state index contributed by atoms with van der Waals surface area (Å²) in [4.78, 5) is 0.687. The van der Waals surface area contributed by atoms with Gasteiger partial charge in [-0.1, -0.05) is 29.8 Å². The van der Waals surface area contributed by atoms with Crippen LogP contribution < -0.4 is 4.31 Å². The Labute approximate surface area is 130 Å². The summed E-state index contributed by atoms with van der Waals surface area (Å²) in [5, 5.41) is 0.366. The first-order chi connectivity index (χ1) is 10.00. The van der Waals surface area contributed by atoms with E-state index in [1.807, 2.05) is 0 Å². The van der Waals surface area contributed by atoms with Gasteiger partial charge in [-0.15, -0.1) is 0 Å². The molecule has 0 saturated heterocycles. The average Bonchev–Trinajstić information content (AvgIpc) is 2.47. The summed E-state index contributed by atoms with van der Waals surface area (Å²) in [6.07, 6.45) is 0. The monoisotopic (exact) mass is 341 g/mol. The molecule has 110 valence electrons. The third kappa shape index (κ3) is 2.59. The summed E-state index contributed by atoms with van der Waals surface area (Å²) in [6, 6.07) is 13.0. The van der Waals surface area contributed by atoms with Crippen molar-refractivity contribution in [3.05, 3.63) is 53.6 Å². The quantitative estimate of drug-likeness (QED) is 0.843. The molecule has 0 bridgehead atoms. The van der Waals surface area contributed by atoms with Gasteiger partial charge in [-0.25, -0.2) is 8.42 Å². The van der Waals surface area contributed by atoms with Crippen molar-refractivity contribution in [1.29, 1.82) is 0 Å². The highest BCUT2D eigenvalue weighted by atomic mass is 35.5. The third-order valence-corrected chi connectivity index (χ3v) is 6.68. The molecule has 1 atom stereocenters. The Morgan fingerprint density at radius 2 is 1.86 bits per heavy atom. The minimum absolute atomic E-state index is 0.137. The fourth-order valence-electron chi connectivity index (χ4n) is 2.26. The molecule has 2 aromatic carbocycles. The summed E-state index contributed by atoms with van der Waals surface area (Å²) in [5.74, 6) is 0.289. The lowest BCUT2D eigenvalue weighted by atomic mass is 10.3. The van der Waals surface area contributed by atoms with E-state index in [1.54, 1.807) is 36.4 Å². The lowest BCUT2D eigenvalue weighted by molar-refractivity contribution is 0.591. The van der Waals surface area contributed by atoms with Gasteiger partial charge in [0, 0.05) is 17.3 Å². The van der Waals surface area contributed by atoms with Gasteiger partial charge in [0.25, 0.3) is 10.0 Å². The minimum atomic E-state index is -3.71. The maximum atomic E-state index is 12.8. The first-order valence-corrected chi connectivity index (χ1v) is 9.39. The molecule has 21 heavy (non-hydrogen) atoms. The summed E-state index contributed by atoms with van der Waals surface area (Å²) in [7, 11) is -4.87. The van der Waals surface area contributed by atoms with E-state index in [2.05, 4.69) is 0 Å². The summed E-state index contributed by atoms with van der Waals surface area (Å²) in [5.41, 5.74) is 0.474. The average molecular weight is 342 g/mol. The van der Waals surface area contributed by atoms with Crippen LogP contribution in [0.1, 0.15) is 0 Å². The Balaban J connectivity index is 2.13. The first kappa shape index (κ1) is 14.6. The van der Waals surface area contributed by atoms with Crippen LogP contribution in [0.3, 0.4) is 0 Å². The van der Waals surface area contributed by atoms with Gasteiger partial charge in [-0.3, -0.25) is 8.51 Å². The van der Waals surface area contributed by atoms with E-state index in [9.17, 15) is 12.6 Å². The number of fused-ring (bicyclic) bond motifs is 1. The lowest BCUT2D eigenvalue weighted by Gasteiger charge is -2.29. The van der Waals surface area contributed by atoms with Crippen molar-refractivity contribution in [3.63, 3.8) is 0 Å². The molecule has 0 aromatic heterocycles. The molecular formula is C14H12ClNO3S2. The summed E-state index contributed by atoms with van der Waals surface area (Å²) < 4.78 is 38.9. The maximum Gasteiger partial charge on any atom is 0.264 e. The maximum absolute atomic E-state index is 12.8. The predicted octanol–water partition coefficient (Wildman–Crippen LogP) is 2.66. The Morgan fingerprint density at radius 3 is 2.62 bits per heavy atom. The zero-order valence-electron chi connectivity index (χ0n) is 10.9. The number of sulfonamides is 1. The zero-order valence-corrected chi connectivity index (χ0v) is 13.3. The molecule has 4 nitrogen and oxygen atoms in total. The number of nitrogens with zero attached hydrogens (tertiary/aromatic N) is 1. The van der Waals surface area contributed by atoms with Gasteiger partial charge in [0.1, 0.15) is 0 Å². The number of hydrogen-bond acceptors (Lipinski definition) is 3. The number of halogens is 1. The largest absolute Gasteiger partial charge is 0.264 e. The van der Waals surface area contributed by atoms with Crippen molar-refractivity contribution in [1.82, 2.24) is 0 Å². The third-order valence-electron chi connectivity index (χ3n) is 3.24. The second-order valence-electron chi connectivity index (χ2n) is 4.55. The molecule has 0 N–H and O–H groups in total. The van der Waals surface area contributed by atoms with E-state index in [4.69, 9.17) is 11.6 Å². The molecule has 0 saturated carbocycles. The highest BCUT2D eigenvalue weighted by Crippen LogP contribution is 2.32. The van der Waals surface area contributed by atoms with Crippen LogP contribution in [0.5, 0.6) is 0 Å². The molecular weight excluding hydrogens is 330 g/mol. The molecule has 1 aliphatic rings. The second-order valence-corrected chi connectivity index (χ2v) is 8.39. The Bertz CT molecular complexity index is 820. The van der Waals surface area contributed by atoms with Gasteiger partial charge in [-0.05, 0) is 30.3 Å². The number of rotatable bonds is 2. The zero-order chi connectivity index (χ0) is 15.0. The Morgan fingerprint density at radius 1 is 1.10 bits per heavy atom. The van der Waals surface area contributed by atoms with E-state index in [-0.39, 0.29) is 17.2 Å². The van der Waals surface area contributed by atoms with Crippen LogP contribution in [0.15, 0.2) is 58.3 Å². The van der Waals surface area contributed by atoms with Gasteiger partial charge in [0.2, 0.25) is 0 Å². The van der Waals surface area contributed by atoms with E-state index in [0.717, 1.165) is 0 Å². The number of anilines is 1. The molecule has 0 aliphatic carbocycles. The highest BCUT2D eigenvalue weighted by Gasteiger charge is 2.31. The van der Waals surface area contributed by atoms with Crippen LogP contribution in [0.25, 0.3) is 0 Å². The summed E-state index contributed by atoms with van der Waals surface area (Å²) >= 11 is 5.88. The van der Waals surface area contributed by atoms with Crippen molar-refractivity contribution in [2.45, 2.75) is 9.79 Å². The van der Waals surface area contributed by atoms with Crippen molar-refractivity contribution < 1.29 is 12.6 Å². The first-order valence-electron chi connectivity index (χ1n) is 6.26. The molecule has 2 aromatic rings. The topological polar surface area (TPSA) is 54.5 Å². The van der Waals surface area contributed by atoms with Crippen molar-refractivity contribution in [2.75, 3.05) is 16.6 Å². The highest BCUT2D eigenvalue weighted by molar-refractivity contribution is 7.93. The lowest BCUT2D eigenvalue weighted by Crippen LogP contribution is -2.38. The number of para-hydroxylation sites is 1. The minimum Gasteiger partial charge on any atom is -0.264 e. The van der Waals surface area contributed by atoms with E-state index in [0.29, 0.717) is 15.6 Å². The molecule has 1 aliphatic heterocycles. The van der Waals surface area contributed by atoms with Gasteiger partial charge < -0.3 is 0 Å². The molecule has 0 fully saturated rings. The van der Waals surface area contributed by atoms with Crippen LogP contribution in [-0.2, 0) is 20.8 Å². The standard InChI is InChI=1S/C14H12ClNO3S2/c15-11-4-3-5-12(10-11)21(18,19)16-8-9-20(17)14-7-2-1-6-13(14)16/h1-7,10H,8-9H2. The second kappa shape index (κ2) is 5.44. The SMILES string of the molecule is O=S1CCN(S(=O)(=O)c2cccc(Cl)c2)c2ccccc21.